The summed E-state index contributed by atoms with van der Waals surface area (Å²) in [7, 11) is 3.49. The Bertz CT molecular complexity index is 728. The number of aromatic nitrogens is 2. The summed E-state index contributed by atoms with van der Waals surface area (Å²) in [4.78, 5) is 13.1. The molecule has 26 heavy (non-hydrogen) atoms. The van der Waals surface area contributed by atoms with Gasteiger partial charge in [-0.25, -0.2) is 0 Å². The number of nitrogens with one attached hydrogen (secondary N) is 1. The summed E-state index contributed by atoms with van der Waals surface area (Å²) in [5.41, 5.74) is 1.13. The Morgan fingerprint density at radius 3 is 2.62 bits per heavy atom. The van der Waals surface area contributed by atoms with Gasteiger partial charge in [0.05, 0.1) is 19.3 Å². The molecule has 1 saturated heterocycles. The molecule has 1 aromatic carbocycles. The summed E-state index contributed by atoms with van der Waals surface area (Å²) < 4.78 is 10.6. The number of nitrogens with zero attached hydrogens (tertiary/aromatic N) is 5. The van der Waals surface area contributed by atoms with Crippen LogP contribution in [-0.4, -0.2) is 61.3 Å². The molecular formula is C17H25IN6O2. The van der Waals surface area contributed by atoms with Crippen molar-refractivity contribution >= 4 is 35.6 Å². The molecule has 0 unspecified atom stereocenters. The lowest BCUT2D eigenvalue weighted by molar-refractivity contribution is 0.352. The summed E-state index contributed by atoms with van der Waals surface area (Å²) in [5.74, 6) is 2.95. The van der Waals surface area contributed by atoms with Crippen LogP contribution in [0.1, 0.15) is 11.7 Å². The van der Waals surface area contributed by atoms with Crippen molar-refractivity contribution in [3.8, 4) is 5.75 Å². The van der Waals surface area contributed by atoms with Gasteiger partial charge < -0.3 is 24.4 Å². The van der Waals surface area contributed by atoms with Crippen LogP contribution in [0.25, 0.3) is 0 Å². The van der Waals surface area contributed by atoms with Crippen molar-refractivity contribution in [3.05, 3.63) is 36.0 Å². The van der Waals surface area contributed by atoms with Crippen LogP contribution in [0.5, 0.6) is 5.75 Å². The van der Waals surface area contributed by atoms with Crippen LogP contribution in [0.2, 0.25) is 0 Å². The summed E-state index contributed by atoms with van der Waals surface area (Å²) in [6.07, 6.45) is 0. The first-order valence-corrected chi connectivity index (χ1v) is 8.34. The number of rotatable bonds is 4. The van der Waals surface area contributed by atoms with Crippen LogP contribution in [0.4, 0.5) is 5.69 Å². The lowest BCUT2D eigenvalue weighted by Gasteiger charge is -2.38. The Morgan fingerprint density at radius 2 is 2.00 bits per heavy atom. The molecule has 2 aromatic rings. The highest BCUT2D eigenvalue weighted by Gasteiger charge is 2.21. The molecule has 0 atom stereocenters. The number of anilines is 1. The number of guanidine groups is 1. The van der Waals surface area contributed by atoms with Crippen LogP contribution < -0.4 is 15.0 Å². The third-order valence-corrected chi connectivity index (χ3v) is 4.18. The fraction of sp³-hybridized carbons (Fsp3) is 0.471. The summed E-state index contributed by atoms with van der Waals surface area (Å²) in [6, 6.07) is 8.12. The molecule has 142 valence electrons. The quantitative estimate of drug-likeness (QED) is 0.414. The van der Waals surface area contributed by atoms with Crippen LogP contribution >= 0.6 is 24.0 Å². The number of para-hydroxylation sites is 2. The van der Waals surface area contributed by atoms with Crippen LogP contribution in [0.15, 0.2) is 33.8 Å². The number of hydrogen-bond acceptors (Lipinski definition) is 6. The maximum atomic E-state index is 5.47. The molecular weight excluding hydrogens is 447 g/mol. The Kier molecular flexibility index (Phi) is 7.49. The molecule has 1 fully saturated rings. The first-order chi connectivity index (χ1) is 12.2. The fourth-order valence-electron chi connectivity index (χ4n) is 2.95. The van der Waals surface area contributed by atoms with Crippen molar-refractivity contribution < 1.29 is 9.26 Å². The molecule has 0 saturated carbocycles. The zero-order valence-electron chi connectivity index (χ0n) is 15.3. The number of methoxy groups -OCH3 is 1. The molecule has 0 bridgehead atoms. The Labute approximate surface area is 170 Å². The number of hydrogen-bond donors (Lipinski definition) is 1. The van der Waals surface area contributed by atoms with E-state index in [4.69, 9.17) is 9.26 Å². The van der Waals surface area contributed by atoms with Crippen LogP contribution in [0, 0.1) is 6.92 Å². The zero-order chi connectivity index (χ0) is 17.6. The number of halogens is 1. The second kappa shape index (κ2) is 9.60. The minimum Gasteiger partial charge on any atom is -0.495 e. The number of aryl methyl sites for hydroxylation is 1. The molecule has 0 spiro atoms. The van der Waals surface area contributed by atoms with E-state index in [0.717, 1.165) is 43.6 Å². The SMILES string of the molecule is CN=C(NCc1nc(C)no1)N1CCN(c2ccccc2OC)CC1.I. The predicted molar refractivity (Wildman–Crippen MR) is 111 cm³/mol. The van der Waals surface area contributed by atoms with Crippen molar-refractivity contribution in [1.82, 2.24) is 20.4 Å². The predicted octanol–water partition coefficient (Wildman–Crippen LogP) is 1.90. The van der Waals surface area contributed by atoms with E-state index in [-0.39, 0.29) is 24.0 Å². The van der Waals surface area contributed by atoms with Gasteiger partial charge in [-0.1, -0.05) is 17.3 Å². The van der Waals surface area contributed by atoms with Gasteiger partial charge in [0.1, 0.15) is 5.75 Å². The smallest absolute Gasteiger partial charge is 0.246 e. The molecule has 3 rings (SSSR count). The third kappa shape index (κ3) is 4.77. The van der Waals surface area contributed by atoms with Gasteiger partial charge in [0.25, 0.3) is 0 Å². The van der Waals surface area contributed by atoms with Crippen molar-refractivity contribution in [2.24, 2.45) is 4.99 Å². The maximum absolute atomic E-state index is 5.47. The molecule has 8 nitrogen and oxygen atoms in total. The van der Waals surface area contributed by atoms with Gasteiger partial charge in [-0.3, -0.25) is 4.99 Å². The van der Waals surface area contributed by atoms with Crippen LogP contribution in [-0.2, 0) is 6.54 Å². The van der Waals surface area contributed by atoms with E-state index in [1.807, 2.05) is 18.2 Å². The second-order valence-electron chi connectivity index (χ2n) is 5.78. The van der Waals surface area contributed by atoms with Crippen LogP contribution in [0.3, 0.4) is 0 Å². The van der Waals surface area contributed by atoms with E-state index in [9.17, 15) is 0 Å². The highest BCUT2D eigenvalue weighted by molar-refractivity contribution is 14.0. The van der Waals surface area contributed by atoms with Crippen molar-refractivity contribution in [2.45, 2.75) is 13.5 Å². The van der Waals surface area contributed by atoms with E-state index in [2.05, 4.69) is 36.3 Å². The van der Waals surface area contributed by atoms with E-state index in [1.54, 1.807) is 21.1 Å². The fourth-order valence-corrected chi connectivity index (χ4v) is 2.95. The normalized spacial score (nSPS) is 14.8. The monoisotopic (exact) mass is 472 g/mol. The van der Waals surface area contributed by atoms with Gasteiger partial charge in [0.15, 0.2) is 11.8 Å². The number of benzene rings is 1. The average molecular weight is 472 g/mol. The Morgan fingerprint density at radius 1 is 1.27 bits per heavy atom. The molecule has 0 radical (unpaired) electrons. The first-order valence-electron chi connectivity index (χ1n) is 8.34. The van der Waals surface area contributed by atoms with E-state index >= 15 is 0 Å². The molecule has 1 N–H and O–H groups in total. The third-order valence-electron chi connectivity index (χ3n) is 4.18. The van der Waals surface area contributed by atoms with Crippen molar-refractivity contribution in [3.63, 3.8) is 0 Å². The maximum Gasteiger partial charge on any atom is 0.246 e. The first kappa shape index (κ1) is 20.3. The topological polar surface area (TPSA) is 79.0 Å². The Balaban J connectivity index is 0.00000243. The van der Waals surface area contributed by atoms with E-state index in [0.29, 0.717) is 18.3 Å². The molecule has 1 aromatic heterocycles. The van der Waals surface area contributed by atoms with Gasteiger partial charge in [-0.05, 0) is 19.1 Å². The Hall–Kier alpha value is -2.04. The van der Waals surface area contributed by atoms with Crippen molar-refractivity contribution in [2.75, 3.05) is 45.2 Å². The average Bonchev–Trinajstić information content (AvgIpc) is 3.08. The minimum absolute atomic E-state index is 0. The molecule has 1 aliphatic heterocycles. The molecule has 9 heteroatoms. The van der Waals surface area contributed by atoms with E-state index in [1.165, 1.54) is 0 Å². The number of ether oxygens (including phenoxy) is 1. The molecule has 2 heterocycles. The number of piperazine rings is 1. The lowest BCUT2D eigenvalue weighted by atomic mass is 10.2. The minimum atomic E-state index is 0. The van der Waals surface area contributed by atoms with Gasteiger partial charge in [0.2, 0.25) is 5.89 Å². The summed E-state index contributed by atoms with van der Waals surface area (Å²) >= 11 is 0. The van der Waals surface area contributed by atoms with E-state index < -0.39 is 0 Å². The van der Waals surface area contributed by atoms with Crippen molar-refractivity contribution in [1.29, 1.82) is 0 Å². The molecule has 1 aliphatic rings. The van der Waals surface area contributed by atoms with Gasteiger partial charge >= 0.3 is 0 Å². The van der Waals surface area contributed by atoms with Gasteiger partial charge in [0, 0.05) is 33.2 Å². The largest absolute Gasteiger partial charge is 0.495 e. The lowest BCUT2D eigenvalue weighted by Crippen LogP contribution is -2.52. The van der Waals surface area contributed by atoms with Gasteiger partial charge in [-0.15, -0.1) is 24.0 Å². The standard InChI is InChI=1S/C17H24N6O2.HI/c1-13-20-16(25-21-13)12-19-17(18-2)23-10-8-22(9-11-23)14-6-4-5-7-15(14)24-3;/h4-7H,8-12H2,1-3H3,(H,18,19);1H. The van der Waals surface area contributed by atoms with Gasteiger partial charge in [-0.2, -0.15) is 4.98 Å². The highest BCUT2D eigenvalue weighted by atomic mass is 127. The summed E-state index contributed by atoms with van der Waals surface area (Å²) in [5, 5.41) is 7.08. The highest BCUT2D eigenvalue weighted by Crippen LogP contribution is 2.28. The zero-order valence-corrected chi connectivity index (χ0v) is 17.6. The summed E-state index contributed by atoms with van der Waals surface area (Å²) in [6.45, 7) is 5.84. The molecule has 0 aliphatic carbocycles. The number of aliphatic imine (C=N–C) groups is 1. The second-order valence-corrected chi connectivity index (χ2v) is 5.78. The molecule has 0 amide bonds.